The fraction of sp³-hybridized carbons (Fsp3) is 0.500. The quantitative estimate of drug-likeness (QED) is 0.868. The minimum absolute atomic E-state index is 0. The number of carbonyl (C=O) groups is 2. The predicted molar refractivity (Wildman–Crippen MR) is 87.5 cm³/mol. The van der Waals surface area contributed by atoms with Gasteiger partial charge in [0.25, 0.3) is 11.7 Å². The summed E-state index contributed by atoms with van der Waals surface area (Å²) in [7, 11) is 0. The first-order valence-corrected chi connectivity index (χ1v) is 7.16. The zero-order valence-corrected chi connectivity index (χ0v) is 14.1. The lowest BCUT2D eigenvalue weighted by Gasteiger charge is -2.29. The van der Waals surface area contributed by atoms with Gasteiger partial charge >= 0.3 is 0 Å². The normalized spacial score (nSPS) is 14.8. The van der Waals surface area contributed by atoms with Crippen LogP contribution in [0.25, 0.3) is 0 Å². The number of fused-ring (bicyclic) bond motifs is 1. The number of anilines is 1. The maximum Gasteiger partial charge on any atom is 0.296 e. The van der Waals surface area contributed by atoms with Gasteiger partial charge < -0.3 is 5.32 Å². The SMILES string of the molecule is CCN(CC)C(C)c1cc(C)c2c(c1C)C(=O)C(=O)N2.Cl. The number of nitrogens with zero attached hydrogens (tertiary/aromatic N) is 1. The van der Waals surface area contributed by atoms with Crippen LogP contribution in [0, 0.1) is 13.8 Å². The monoisotopic (exact) mass is 310 g/mol. The van der Waals surface area contributed by atoms with Crippen LogP contribution in [0.2, 0.25) is 0 Å². The van der Waals surface area contributed by atoms with Crippen LogP contribution < -0.4 is 5.32 Å². The molecule has 1 heterocycles. The number of amides is 1. The Morgan fingerprint density at radius 2 is 1.76 bits per heavy atom. The van der Waals surface area contributed by atoms with Gasteiger partial charge in [-0.1, -0.05) is 19.9 Å². The van der Waals surface area contributed by atoms with Crippen molar-refractivity contribution in [2.45, 2.75) is 40.7 Å². The van der Waals surface area contributed by atoms with Gasteiger partial charge in [0.05, 0.1) is 11.3 Å². The maximum atomic E-state index is 12.0. The molecule has 1 atom stereocenters. The molecule has 0 saturated heterocycles. The third-order valence-corrected chi connectivity index (χ3v) is 4.31. The number of rotatable bonds is 4. The van der Waals surface area contributed by atoms with E-state index in [1.807, 2.05) is 13.8 Å². The molecule has 116 valence electrons. The van der Waals surface area contributed by atoms with Crippen LogP contribution in [0.3, 0.4) is 0 Å². The van der Waals surface area contributed by atoms with Crippen LogP contribution >= 0.6 is 12.4 Å². The minimum atomic E-state index is -0.515. The van der Waals surface area contributed by atoms with E-state index in [0.29, 0.717) is 11.3 Å². The fourth-order valence-corrected chi connectivity index (χ4v) is 3.07. The van der Waals surface area contributed by atoms with Crippen LogP contribution in [0.4, 0.5) is 5.69 Å². The summed E-state index contributed by atoms with van der Waals surface area (Å²) in [4.78, 5) is 26.0. The number of carbonyl (C=O) groups excluding carboxylic acids is 2. The van der Waals surface area contributed by atoms with Crippen molar-refractivity contribution in [2.24, 2.45) is 0 Å². The molecule has 1 N–H and O–H groups in total. The first kappa shape index (κ1) is 17.7. The van der Waals surface area contributed by atoms with E-state index in [0.717, 1.165) is 29.8 Å². The molecule has 0 spiro atoms. The molecule has 4 nitrogen and oxygen atoms in total. The lowest BCUT2D eigenvalue weighted by atomic mass is 9.92. The Balaban J connectivity index is 0.00000220. The van der Waals surface area contributed by atoms with Gasteiger partial charge in [-0.3, -0.25) is 14.5 Å². The third-order valence-electron chi connectivity index (χ3n) is 4.31. The van der Waals surface area contributed by atoms with E-state index in [9.17, 15) is 9.59 Å². The highest BCUT2D eigenvalue weighted by atomic mass is 35.5. The molecule has 2 rings (SSSR count). The molecule has 0 saturated carbocycles. The summed E-state index contributed by atoms with van der Waals surface area (Å²) in [6.45, 7) is 12.2. The molecule has 1 amide bonds. The van der Waals surface area contributed by atoms with Crippen molar-refractivity contribution in [3.63, 3.8) is 0 Å². The lowest BCUT2D eigenvalue weighted by molar-refractivity contribution is -0.112. The van der Waals surface area contributed by atoms with E-state index >= 15 is 0 Å². The summed E-state index contributed by atoms with van der Waals surface area (Å²) in [5.41, 5.74) is 4.26. The Kier molecular flexibility index (Phi) is 5.54. The van der Waals surface area contributed by atoms with Gasteiger partial charge in [0.15, 0.2) is 0 Å². The maximum absolute atomic E-state index is 12.0. The van der Waals surface area contributed by atoms with Crippen LogP contribution in [-0.2, 0) is 4.79 Å². The number of aryl methyl sites for hydroxylation is 1. The van der Waals surface area contributed by atoms with Crippen molar-refractivity contribution in [3.8, 4) is 0 Å². The van der Waals surface area contributed by atoms with Gasteiger partial charge in [0, 0.05) is 6.04 Å². The van der Waals surface area contributed by atoms with E-state index < -0.39 is 11.7 Å². The molecule has 0 aliphatic carbocycles. The van der Waals surface area contributed by atoms with E-state index in [1.54, 1.807) is 0 Å². The first-order chi connectivity index (χ1) is 9.42. The molecule has 0 bridgehead atoms. The van der Waals surface area contributed by atoms with Crippen LogP contribution in [0.5, 0.6) is 0 Å². The lowest BCUT2D eigenvalue weighted by Crippen LogP contribution is -2.27. The van der Waals surface area contributed by atoms with E-state index in [-0.39, 0.29) is 18.4 Å². The average molecular weight is 311 g/mol. The number of hydrogen-bond acceptors (Lipinski definition) is 3. The van der Waals surface area contributed by atoms with Gasteiger partial charge in [0.1, 0.15) is 0 Å². The molecule has 1 aromatic rings. The zero-order chi connectivity index (χ0) is 15.0. The van der Waals surface area contributed by atoms with Crippen molar-refractivity contribution < 1.29 is 9.59 Å². The largest absolute Gasteiger partial charge is 0.318 e. The van der Waals surface area contributed by atoms with Gasteiger partial charge in [0.2, 0.25) is 0 Å². The molecular formula is C16H23ClN2O2. The molecule has 0 aromatic heterocycles. The van der Waals surface area contributed by atoms with Crippen LogP contribution in [-0.4, -0.2) is 29.7 Å². The Morgan fingerprint density at radius 3 is 2.29 bits per heavy atom. The second kappa shape index (κ2) is 6.58. The second-order valence-corrected chi connectivity index (χ2v) is 5.34. The smallest absolute Gasteiger partial charge is 0.296 e. The summed E-state index contributed by atoms with van der Waals surface area (Å²) in [6, 6.07) is 2.33. The average Bonchev–Trinajstić information content (AvgIpc) is 2.72. The molecular weight excluding hydrogens is 288 g/mol. The summed E-state index contributed by atoms with van der Waals surface area (Å²) in [5, 5.41) is 2.68. The molecule has 1 aliphatic heterocycles. The van der Waals surface area contributed by atoms with E-state index in [2.05, 4.69) is 37.1 Å². The molecule has 0 radical (unpaired) electrons. The van der Waals surface area contributed by atoms with Crippen molar-refractivity contribution in [3.05, 3.63) is 28.3 Å². The van der Waals surface area contributed by atoms with Crippen molar-refractivity contribution in [1.82, 2.24) is 4.90 Å². The van der Waals surface area contributed by atoms with E-state index in [4.69, 9.17) is 0 Å². The Hall–Kier alpha value is -1.39. The summed E-state index contributed by atoms with van der Waals surface area (Å²) >= 11 is 0. The fourth-order valence-electron chi connectivity index (χ4n) is 3.07. The van der Waals surface area contributed by atoms with Gasteiger partial charge in [-0.05, 0) is 50.6 Å². The molecule has 5 heteroatoms. The van der Waals surface area contributed by atoms with Crippen LogP contribution in [0.1, 0.15) is 53.9 Å². The number of Topliss-reactive ketones (excluding diaryl/α,β-unsaturated/α-hetero) is 1. The van der Waals surface area contributed by atoms with E-state index in [1.165, 1.54) is 0 Å². The highest BCUT2D eigenvalue weighted by Gasteiger charge is 2.33. The first-order valence-electron chi connectivity index (χ1n) is 7.16. The molecule has 1 unspecified atom stereocenters. The number of hydrogen-bond donors (Lipinski definition) is 1. The number of ketones is 1. The number of halogens is 1. The standard InChI is InChI=1S/C16H22N2O2.ClH/c1-6-18(7-2)11(5)12-8-9(3)14-13(10(12)4)15(19)16(20)17-14;/h8,11H,6-7H2,1-5H3,(H,17,19,20);1H. The Morgan fingerprint density at radius 1 is 1.19 bits per heavy atom. The van der Waals surface area contributed by atoms with Crippen molar-refractivity contribution in [1.29, 1.82) is 0 Å². The molecule has 21 heavy (non-hydrogen) atoms. The number of nitrogens with one attached hydrogen (secondary N) is 1. The van der Waals surface area contributed by atoms with Gasteiger partial charge in [-0.25, -0.2) is 0 Å². The summed E-state index contributed by atoms with van der Waals surface area (Å²) in [5.74, 6) is -0.923. The predicted octanol–water partition coefficient (Wildman–Crippen LogP) is 3.26. The Labute approximate surface area is 132 Å². The third kappa shape index (κ3) is 2.83. The zero-order valence-electron chi connectivity index (χ0n) is 13.2. The second-order valence-electron chi connectivity index (χ2n) is 5.34. The summed E-state index contributed by atoms with van der Waals surface area (Å²) < 4.78 is 0. The van der Waals surface area contributed by atoms with Gasteiger partial charge in [-0.15, -0.1) is 12.4 Å². The van der Waals surface area contributed by atoms with Crippen molar-refractivity contribution in [2.75, 3.05) is 18.4 Å². The van der Waals surface area contributed by atoms with Crippen LogP contribution in [0.15, 0.2) is 6.07 Å². The highest BCUT2D eigenvalue weighted by Crippen LogP contribution is 2.35. The highest BCUT2D eigenvalue weighted by molar-refractivity contribution is 6.52. The number of benzene rings is 1. The molecule has 1 aromatic carbocycles. The van der Waals surface area contributed by atoms with Crippen molar-refractivity contribution >= 4 is 29.8 Å². The molecule has 1 aliphatic rings. The Bertz CT molecular complexity index is 580. The molecule has 0 fully saturated rings. The van der Waals surface area contributed by atoms with Gasteiger partial charge in [-0.2, -0.15) is 0 Å². The topological polar surface area (TPSA) is 49.4 Å². The minimum Gasteiger partial charge on any atom is -0.318 e. The summed E-state index contributed by atoms with van der Waals surface area (Å²) in [6.07, 6.45) is 0.